The summed E-state index contributed by atoms with van der Waals surface area (Å²) in [6, 6.07) is 29.3. The van der Waals surface area contributed by atoms with Crippen molar-refractivity contribution in [2.75, 3.05) is 5.32 Å². The Bertz CT molecular complexity index is 1670. The number of benzene rings is 4. The number of rotatable bonds is 8. The van der Waals surface area contributed by atoms with Crippen molar-refractivity contribution in [2.45, 2.75) is 13.0 Å². The third kappa shape index (κ3) is 6.17. The largest absolute Gasteiger partial charge is 0.445 e. The van der Waals surface area contributed by atoms with Crippen molar-refractivity contribution in [1.29, 1.82) is 0 Å². The summed E-state index contributed by atoms with van der Waals surface area (Å²) in [5.74, 6) is -1.73. The van der Waals surface area contributed by atoms with E-state index in [-0.39, 0.29) is 11.1 Å². The van der Waals surface area contributed by atoms with Gasteiger partial charge in [-0.05, 0) is 31.2 Å². The van der Waals surface area contributed by atoms with Gasteiger partial charge in [0, 0.05) is 27.1 Å². The van der Waals surface area contributed by atoms with Crippen LogP contribution in [0, 0.1) is 6.92 Å². The monoisotopic (exact) mass is 566 g/mol. The van der Waals surface area contributed by atoms with Crippen molar-refractivity contribution in [3.63, 3.8) is 0 Å². The Balaban J connectivity index is 1.38. The first-order chi connectivity index (χ1) is 19.4. The average molecular weight is 567 g/mol. The minimum atomic E-state index is -1.24. The Morgan fingerprint density at radius 1 is 0.825 bits per heavy atom. The lowest BCUT2D eigenvalue weighted by molar-refractivity contribution is 0.0278. The molecule has 0 bridgehead atoms. The van der Waals surface area contributed by atoms with Gasteiger partial charge in [0.05, 0.1) is 16.8 Å². The Hall–Kier alpha value is -4.59. The fraction of sp³-hybridized carbons (Fsp3) is 0.0625. The van der Waals surface area contributed by atoms with E-state index in [9.17, 15) is 14.4 Å². The number of carbonyl (C=O) groups excluding carboxylic acids is 3. The summed E-state index contributed by atoms with van der Waals surface area (Å²) in [4.78, 5) is 44.6. The van der Waals surface area contributed by atoms with Crippen LogP contribution in [-0.2, 0) is 4.74 Å². The minimum absolute atomic E-state index is 0.0233. The molecule has 0 aliphatic rings. The van der Waals surface area contributed by atoms with E-state index in [4.69, 9.17) is 16.3 Å². The molecule has 5 rings (SSSR count). The second-order valence-electron chi connectivity index (χ2n) is 8.97. The Morgan fingerprint density at radius 3 is 2.17 bits per heavy atom. The zero-order valence-electron chi connectivity index (χ0n) is 21.3. The number of thiazole rings is 1. The second kappa shape index (κ2) is 12.1. The van der Waals surface area contributed by atoms with Gasteiger partial charge in [0.1, 0.15) is 0 Å². The molecular weight excluding hydrogens is 544 g/mol. The average Bonchev–Trinajstić information content (AvgIpc) is 3.45. The van der Waals surface area contributed by atoms with Crippen LogP contribution < -0.4 is 5.32 Å². The van der Waals surface area contributed by atoms with Crippen LogP contribution in [0.3, 0.4) is 0 Å². The molecule has 5 aromatic rings. The van der Waals surface area contributed by atoms with Crippen LogP contribution in [0.25, 0.3) is 11.3 Å². The van der Waals surface area contributed by atoms with Gasteiger partial charge in [-0.25, -0.2) is 9.78 Å². The van der Waals surface area contributed by atoms with Crippen molar-refractivity contribution in [3.8, 4) is 11.3 Å². The molecule has 8 heteroatoms. The highest BCUT2D eigenvalue weighted by Crippen LogP contribution is 2.28. The van der Waals surface area contributed by atoms with Crippen LogP contribution in [0.15, 0.2) is 109 Å². The van der Waals surface area contributed by atoms with Gasteiger partial charge in [-0.3, -0.25) is 14.9 Å². The zero-order chi connectivity index (χ0) is 28.1. The molecule has 1 amide bonds. The number of hydrogen-bond donors (Lipinski definition) is 1. The number of amides is 1. The molecule has 1 aromatic heterocycles. The van der Waals surface area contributed by atoms with Gasteiger partial charge in [-0.2, -0.15) is 0 Å². The lowest BCUT2D eigenvalue weighted by Crippen LogP contribution is -2.23. The summed E-state index contributed by atoms with van der Waals surface area (Å²) in [5, 5.41) is 5.50. The van der Waals surface area contributed by atoms with Gasteiger partial charge in [0.15, 0.2) is 11.2 Å². The summed E-state index contributed by atoms with van der Waals surface area (Å²) in [7, 11) is 0. The van der Waals surface area contributed by atoms with E-state index >= 15 is 0 Å². The standard InChI is InChI=1S/C32H23ClN2O4S/c1-20-11-13-21(14-12-20)27-19-40-32(34-27)35-30(37)25-9-5-6-10-26(25)31(38)39-29(23-15-17-24(33)18-16-23)28(36)22-7-3-2-4-8-22/h2-19,29H,1H3,(H,34,35,37)/t29-/m0/s1. The number of ether oxygens (including phenoxy) is 1. The summed E-state index contributed by atoms with van der Waals surface area (Å²) < 4.78 is 5.77. The van der Waals surface area contributed by atoms with E-state index in [2.05, 4.69) is 10.3 Å². The summed E-state index contributed by atoms with van der Waals surface area (Å²) in [6.07, 6.45) is -1.24. The van der Waals surface area contributed by atoms with Gasteiger partial charge in [0.25, 0.3) is 5.91 Å². The minimum Gasteiger partial charge on any atom is -0.445 e. The number of Topliss-reactive ketones (excluding diaryl/α,β-unsaturated/α-hetero) is 1. The van der Waals surface area contributed by atoms with Crippen molar-refractivity contribution in [2.24, 2.45) is 0 Å². The molecule has 0 saturated carbocycles. The van der Waals surface area contributed by atoms with Crippen molar-refractivity contribution >= 4 is 45.7 Å². The van der Waals surface area contributed by atoms with Crippen molar-refractivity contribution in [1.82, 2.24) is 4.98 Å². The Labute approximate surface area is 240 Å². The van der Waals surface area contributed by atoms with Gasteiger partial charge < -0.3 is 4.74 Å². The number of hydrogen-bond acceptors (Lipinski definition) is 6. The zero-order valence-corrected chi connectivity index (χ0v) is 22.9. The number of carbonyl (C=O) groups is 3. The molecule has 0 saturated heterocycles. The number of ketones is 1. The van der Waals surface area contributed by atoms with Crippen LogP contribution in [0.5, 0.6) is 0 Å². The Morgan fingerprint density at radius 2 is 1.48 bits per heavy atom. The number of esters is 1. The van der Waals surface area contributed by atoms with Crippen LogP contribution in [0.1, 0.15) is 48.3 Å². The van der Waals surface area contributed by atoms with Crippen LogP contribution in [0.4, 0.5) is 5.13 Å². The molecule has 1 atom stereocenters. The molecule has 0 spiro atoms. The molecule has 4 aromatic carbocycles. The fourth-order valence-corrected chi connectivity index (χ4v) is 4.89. The normalized spacial score (nSPS) is 11.4. The topological polar surface area (TPSA) is 85.4 Å². The van der Waals surface area contributed by atoms with Crippen LogP contribution in [0.2, 0.25) is 5.02 Å². The molecule has 198 valence electrons. The predicted molar refractivity (Wildman–Crippen MR) is 157 cm³/mol. The fourth-order valence-electron chi connectivity index (χ4n) is 4.05. The highest BCUT2D eigenvalue weighted by Gasteiger charge is 2.28. The van der Waals surface area contributed by atoms with E-state index < -0.39 is 23.8 Å². The maximum atomic E-state index is 13.4. The number of halogens is 1. The third-order valence-electron chi connectivity index (χ3n) is 6.16. The highest BCUT2D eigenvalue weighted by atomic mass is 35.5. The predicted octanol–water partition coefficient (Wildman–Crippen LogP) is 7.81. The molecular formula is C32H23ClN2O4S. The lowest BCUT2D eigenvalue weighted by atomic mass is 9.99. The summed E-state index contributed by atoms with van der Waals surface area (Å²) >= 11 is 7.32. The van der Waals surface area contributed by atoms with Gasteiger partial charge in [-0.15, -0.1) is 11.3 Å². The molecule has 0 aliphatic heterocycles. The molecule has 6 nitrogen and oxygen atoms in total. The first-order valence-electron chi connectivity index (χ1n) is 12.4. The number of aromatic nitrogens is 1. The van der Waals surface area contributed by atoms with Gasteiger partial charge in [0.2, 0.25) is 5.78 Å². The molecule has 0 unspecified atom stereocenters. The van der Waals surface area contributed by atoms with Crippen LogP contribution in [-0.4, -0.2) is 22.6 Å². The SMILES string of the molecule is Cc1ccc(-c2csc(NC(=O)c3ccccc3C(=O)O[C@H](C(=O)c3ccccc3)c3ccc(Cl)cc3)n2)cc1. The maximum absolute atomic E-state index is 13.4. The Kier molecular flexibility index (Phi) is 8.15. The molecule has 1 N–H and O–H groups in total. The third-order valence-corrected chi connectivity index (χ3v) is 7.17. The van der Waals surface area contributed by atoms with Crippen molar-refractivity contribution < 1.29 is 19.1 Å². The van der Waals surface area contributed by atoms with Gasteiger partial charge >= 0.3 is 5.97 Å². The first-order valence-corrected chi connectivity index (χ1v) is 13.6. The first kappa shape index (κ1) is 27.0. The molecule has 0 fully saturated rings. The summed E-state index contributed by atoms with van der Waals surface area (Å²) in [6.45, 7) is 2.01. The van der Waals surface area contributed by atoms with E-state index in [0.717, 1.165) is 16.8 Å². The van der Waals surface area contributed by atoms with Crippen molar-refractivity contribution in [3.05, 3.63) is 141 Å². The number of aryl methyl sites for hydroxylation is 1. The summed E-state index contributed by atoms with van der Waals surface area (Å²) in [5.41, 5.74) is 3.77. The van der Waals surface area contributed by atoms with E-state index in [1.807, 2.05) is 36.6 Å². The van der Waals surface area contributed by atoms with Crippen LogP contribution >= 0.6 is 22.9 Å². The highest BCUT2D eigenvalue weighted by molar-refractivity contribution is 7.14. The van der Waals surface area contributed by atoms with E-state index in [1.54, 1.807) is 66.7 Å². The maximum Gasteiger partial charge on any atom is 0.340 e. The van der Waals surface area contributed by atoms with E-state index in [0.29, 0.717) is 21.3 Å². The molecule has 40 heavy (non-hydrogen) atoms. The number of anilines is 1. The number of nitrogens with zero attached hydrogens (tertiary/aromatic N) is 1. The quantitative estimate of drug-likeness (QED) is 0.153. The second-order valence-corrected chi connectivity index (χ2v) is 10.3. The van der Waals surface area contributed by atoms with Gasteiger partial charge in [-0.1, -0.05) is 96.0 Å². The molecule has 0 radical (unpaired) electrons. The lowest BCUT2D eigenvalue weighted by Gasteiger charge is -2.18. The smallest absolute Gasteiger partial charge is 0.340 e. The number of nitrogens with one attached hydrogen (secondary N) is 1. The molecule has 0 aliphatic carbocycles. The molecule has 1 heterocycles. The van der Waals surface area contributed by atoms with E-state index in [1.165, 1.54) is 23.5 Å².